The maximum Gasteiger partial charge on any atom is 0.240 e. The summed E-state index contributed by atoms with van der Waals surface area (Å²) in [6.07, 6.45) is 2.40. The molecule has 2 N–H and O–H groups in total. The smallest absolute Gasteiger partial charge is 0.240 e. The van der Waals surface area contributed by atoms with Crippen molar-refractivity contribution in [2.75, 3.05) is 13.6 Å². The summed E-state index contributed by atoms with van der Waals surface area (Å²) in [6, 6.07) is 7.14. The van der Waals surface area contributed by atoms with Crippen LogP contribution in [0.5, 0.6) is 0 Å². The molecule has 0 saturated heterocycles. The van der Waals surface area contributed by atoms with Crippen molar-refractivity contribution in [1.82, 2.24) is 9.62 Å². The molecule has 1 aromatic rings. The molecule has 0 aliphatic heterocycles. The van der Waals surface area contributed by atoms with Gasteiger partial charge in [0, 0.05) is 18.6 Å². The molecule has 2 rings (SSSR count). The van der Waals surface area contributed by atoms with Gasteiger partial charge in [-0.15, -0.1) is 0 Å². The second-order valence-electron chi connectivity index (χ2n) is 5.40. The van der Waals surface area contributed by atoms with Gasteiger partial charge in [0.05, 0.1) is 11.5 Å². The van der Waals surface area contributed by atoms with Crippen LogP contribution < -0.4 is 4.72 Å². The van der Waals surface area contributed by atoms with Gasteiger partial charge in [-0.2, -0.15) is 0 Å². The Morgan fingerprint density at radius 3 is 2.75 bits per heavy atom. The highest BCUT2D eigenvalue weighted by Gasteiger charge is 2.29. The van der Waals surface area contributed by atoms with Crippen molar-refractivity contribution in [3.05, 3.63) is 29.8 Å². The summed E-state index contributed by atoms with van der Waals surface area (Å²) in [5.74, 6) is 0. The van der Waals surface area contributed by atoms with Crippen LogP contribution >= 0.6 is 0 Å². The van der Waals surface area contributed by atoms with E-state index in [-0.39, 0.29) is 17.5 Å². The lowest BCUT2D eigenvalue weighted by molar-refractivity contribution is 0.248. The van der Waals surface area contributed by atoms with E-state index < -0.39 is 10.0 Å². The highest BCUT2D eigenvalue weighted by atomic mass is 32.2. The van der Waals surface area contributed by atoms with Crippen molar-refractivity contribution in [3.8, 4) is 0 Å². The third kappa shape index (κ3) is 3.79. The van der Waals surface area contributed by atoms with Crippen LogP contribution in [0.25, 0.3) is 0 Å². The fourth-order valence-corrected chi connectivity index (χ4v) is 3.30. The van der Waals surface area contributed by atoms with Crippen LogP contribution in [0.15, 0.2) is 29.2 Å². The number of likely N-dealkylation sites (N-methyl/N-ethyl adjacent to an activating group) is 1. The lowest BCUT2D eigenvalue weighted by Crippen LogP contribution is -2.41. The number of nitrogens with zero attached hydrogens (tertiary/aromatic N) is 1. The third-order valence-electron chi connectivity index (χ3n) is 3.78. The van der Waals surface area contributed by atoms with Crippen molar-refractivity contribution in [3.63, 3.8) is 0 Å². The molecule has 0 bridgehead atoms. The Labute approximate surface area is 120 Å². The molecule has 0 spiro atoms. The summed E-state index contributed by atoms with van der Waals surface area (Å²) >= 11 is 0. The molecular formula is C14H22N2O3S. The first-order valence-electron chi connectivity index (χ1n) is 6.85. The molecule has 1 unspecified atom stereocenters. The van der Waals surface area contributed by atoms with Crippen LogP contribution in [0.4, 0.5) is 0 Å². The number of aliphatic hydroxyl groups is 1. The first kappa shape index (κ1) is 15.4. The van der Waals surface area contributed by atoms with E-state index in [1.54, 1.807) is 12.1 Å². The molecular weight excluding hydrogens is 276 g/mol. The van der Waals surface area contributed by atoms with Crippen molar-refractivity contribution in [1.29, 1.82) is 0 Å². The topological polar surface area (TPSA) is 69.6 Å². The molecule has 0 aromatic heterocycles. The predicted molar refractivity (Wildman–Crippen MR) is 77.8 cm³/mol. The van der Waals surface area contributed by atoms with E-state index in [4.69, 9.17) is 5.11 Å². The number of hydrogen-bond acceptors (Lipinski definition) is 4. The molecule has 1 aliphatic carbocycles. The van der Waals surface area contributed by atoms with E-state index in [0.29, 0.717) is 18.2 Å². The van der Waals surface area contributed by atoms with E-state index in [1.807, 2.05) is 14.0 Å². The Hall–Kier alpha value is -0.950. The van der Waals surface area contributed by atoms with Gasteiger partial charge in [-0.3, -0.25) is 4.90 Å². The number of benzene rings is 1. The largest absolute Gasteiger partial charge is 0.392 e. The van der Waals surface area contributed by atoms with E-state index in [9.17, 15) is 8.42 Å². The quantitative estimate of drug-likeness (QED) is 0.786. The maximum absolute atomic E-state index is 12.2. The SMILES string of the molecule is CC(CNS(=O)(=O)c1cccc(CO)c1)N(C)C1CC1. The van der Waals surface area contributed by atoms with Gasteiger partial charge in [-0.25, -0.2) is 13.1 Å². The van der Waals surface area contributed by atoms with Crippen molar-refractivity contribution in [2.24, 2.45) is 0 Å². The molecule has 1 atom stereocenters. The van der Waals surface area contributed by atoms with Gasteiger partial charge < -0.3 is 5.11 Å². The number of nitrogens with one attached hydrogen (secondary N) is 1. The molecule has 112 valence electrons. The lowest BCUT2D eigenvalue weighted by atomic mass is 10.2. The minimum Gasteiger partial charge on any atom is -0.392 e. The molecule has 6 heteroatoms. The second-order valence-corrected chi connectivity index (χ2v) is 7.17. The van der Waals surface area contributed by atoms with E-state index in [2.05, 4.69) is 9.62 Å². The molecule has 1 fully saturated rings. The minimum absolute atomic E-state index is 0.163. The Morgan fingerprint density at radius 1 is 1.45 bits per heavy atom. The van der Waals surface area contributed by atoms with Gasteiger partial charge in [0.25, 0.3) is 0 Å². The highest BCUT2D eigenvalue weighted by Crippen LogP contribution is 2.26. The molecule has 1 saturated carbocycles. The van der Waals surface area contributed by atoms with Crippen molar-refractivity contribution >= 4 is 10.0 Å². The van der Waals surface area contributed by atoms with Crippen molar-refractivity contribution in [2.45, 2.75) is 43.4 Å². The normalized spacial score (nSPS) is 17.4. The summed E-state index contributed by atoms with van der Waals surface area (Å²) in [6.45, 7) is 2.24. The Bertz CT molecular complexity index is 555. The first-order chi connectivity index (χ1) is 9.44. The number of sulfonamides is 1. The predicted octanol–water partition coefficient (Wildman–Crippen LogP) is 0.940. The fourth-order valence-electron chi connectivity index (χ4n) is 2.11. The van der Waals surface area contributed by atoms with Crippen LogP contribution in [-0.2, 0) is 16.6 Å². The second kappa shape index (κ2) is 6.22. The van der Waals surface area contributed by atoms with Gasteiger partial charge >= 0.3 is 0 Å². The van der Waals surface area contributed by atoms with Gasteiger partial charge in [-0.1, -0.05) is 12.1 Å². The average molecular weight is 298 g/mol. The minimum atomic E-state index is -3.51. The van der Waals surface area contributed by atoms with Crippen molar-refractivity contribution < 1.29 is 13.5 Å². The van der Waals surface area contributed by atoms with Crippen LogP contribution in [0, 0.1) is 0 Å². The number of rotatable bonds is 7. The third-order valence-corrected chi connectivity index (χ3v) is 5.20. The van der Waals surface area contributed by atoms with E-state index >= 15 is 0 Å². The van der Waals surface area contributed by atoms with Crippen LogP contribution in [-0.4, -0.2) is 44.1 Å². The lowest BCUT2D eigenvalue weighted by Gasteiger charge is -2.24. The number of hydrogen-bond donors (Lipinski definition) is 2. The standard InChI is InChI=1S/C14H22N2O3S/c1-11(16(2)13-6-7-13)9-15-20(18,19)14-5-3-4-12(8-14)10-17/h3-5,8,11,13,15,17H,6-7,9-10H2,1-2H3. The maximum atomic E-state index is 12.2. The molecule has 1 aliphatic rings. The van der Waals surface area contributed by atoms with E-state index in [1.165, 1.54) is 25.0 Å². The molecule has 0 heterocycles. The van der Waals surface area contributed by atoms with Crippen LogP contribution in [0.2, 0.25) is 0 Å². The monoisotopic (exact) mass is 298 g/mol. The van der Waals surface area contributed by atoms with Crippen LogP contribution in [0.3, 0.4) is 0 Å². The first-order valence-corrected chi connectivity index (χ1v) is 8.34. The highest BCUT2D eigenvalue weighted by molar-refractivity contribution is 7.89. The molecule has 5 nitrogen and oxygen atoms in total. The summed E-state index contributed by atoms with van der Waals surface area (Å²) in [7, 11) is -1.48. The van der Waals surface area contributed by atoms with Gasteiger partial charge in [0.15, 0.2) is 0 Å². The Balaban J connectivity index is 1.99. The fraction of sp³-hybridized carbons (Fsp3) is 0.571. The average Bonchev–Trinajstić information content (AvgIpc) is 3.28. The summed E-state index contributed by atoms with van der Waals surface area (Å²) in [5.41, 5.74) is 0.594. The zero-order chi connectivity index (χ0) is 14.8. The molecule has 1 aromatic carbocycles. The summed E-state index contributed by atoms with van der Waals surface area (Å²) in [5, 5.41) is 9.06. The van der Waals surface area contributed by atoms with Gasteiger partial charge in [-0.05, 0) is 44.5 Å². The van der Waals surface area contributed by atoms with Gasteiger partial charge in [0.1, 0.15) is 0 Å². The summed E-state index contributed by atoms with van der Waals surface area (Å²) < 4.78 is 27.0. The van der Waals surface area contributed by atoms with Crippen LogP contribution in [0.1, 0.15) is 25.3 Å². The van der Waals surface area contributed by atoms with Gasteiger partial charge in [0.2, 0.25) is 10.0 Å². The number of aliphatic hydroxyl groups excluding tert-OH is 1. The molecule has 20 heavy (non-hydrogen) atoms. The zero-order valence-corrected chi connectivity index (χ0v) is 12.7. The molecule has 0 radical (unpaired) electrons. The Morgan fingerprint density at radius 2 is 2.15 bits per heavy atom. The zero-order valence-electron chi connectivity index (χ0n) is 11.9. The Kier molecular flexibility index (Phi) is 4.80. The molecule has 0 amide bonds. The van der Waals surface area contributed by atoms with E-state index in [0.717, 1.165) is 0 Å². The summed E-state index contributed by atoms with van der Waals surface area (Å²) in [4.78, 5) is 2.41.